The van der Waals surface area contributed by atoms with E-state index < -0.39 is 23.8 Å². The zero-order valence-electron chi connectivity index (χ0n) is 28.0. The number of allylic oxidation sites excluding steroid dienone is 4. The van der Waals surface area contributed by atoms with E-state index in [9.17, 15) is 19.8 Å². The number of aliphatic hydroxyl groups is 2. The highest BCUT2D eigenvalue weighted by molar-refractivity contribution is 5.92. The highest BCUT2D eigenvalue weighted by Gasteiger charge is 2.28. The fraction of sp³-hybridized carbons (Fsp3) is 0.842. The van der Waals surface area contributed by atoms with Crippen LogP contribution in [-0.4, -0.2) is 34.0 Å². The van der Waals surface area contributed by atoms with E-state index in [1.54, 1.807) is 0 Å². The Hall–Kier alpha value is -1.26. The van der Waals surface area contributed by atoms with Crippen molar-refractivity contribution in [2.45, 2.75) is 206 Å². The lowest BCUT2D eigenvalue weighted by Gasteiger charge is -2.15. The Kier molecular flexibility index (Phi) is 31.7. The van der Waals surface area contributed by atoms with Gasteiger partial charge in [-0.05, 0) is 64.2 Å². The van der Waals surface area contributed by atoms with E-state index in [0.29, 0.717) is 12.8 Å². The van der Waals surface area contributed by atoms with E-state index in [-0.39, 0.29) is 12.8 Å². The fourth-order valence-corrected chi connectivity index (χ4v) is 5.39. The van der Waals surface area contributed by atoms with Gasteiger partial charge in [-0.2, -0.15) is 0 Å². The summed E-state index contributed by atoms with van der Waals surface area (Å²) >= 11 is 0. The molecule has 0 radical (unpaired) electrons. The molecular weight excluding hydrogens is 520 g/mol. The molecule has 4 heteroatoms. The Morgan fingerprint density at radius 3 is 0.929 bits per heavy atom. The Balaban J connectivity index is 3.63. The summed E-state index contributed by atoms with van der Waals surface area (Å²) in [7, 11) is 0. The molecule has 0 fully saturated rings. The van der Waals surface area contributed by atoms with Crippen molar-refractivity contribution in [1.29, 1.82) is 0 Å². The highest BCUT2D eigenvalue weighted by atomic mass is 16.3. The zero-order chi connectivity index (χ0) is 30.9. The van der Waals surface area contributed by atoms with Crippen molar-refractivity contribution in [3.05, 3.63) is 24.3 Å². The normalized spacial score (nSPS) is 13.3. The van der Waals surface area contributed by atoms with Crippen LogP contribution < -0.4 is 0 Å². The number of carbonyl (C=O) groups excluding carboxylic acids is 2. The van der Waals surface area contributed by atoms with Gasteiger partial charge < -0.3 is 10.2 Å². The van der Waals surface area contributed by atoms with E-state index in [0.717, 1.165) is 51.4 Å². The summed E-state index contributed by atoms with van der Waals surface area (Å²) in [5.41, 5.74) is 0. The predicted octanol–water partition coefficient (Wildman–Crippen LogP) is 10.9. The lowest BCUT2D eigenvalue weighted by Crippen LogP contribution is -2.39. The number of Topliss-reactive ketones (excluding diaryl/α,β-unsaturated/α-hetero) is 2. The maximum atomic E-state index is 12.3. The number of aliphatic hydroxyl groups excluding tert-OH is 2. The molecule has 42 heavy (non-hydrogen) atoms. The minimum absolute atomic E-state index is 0.233. The van der Waals surface area contributed by atoms with Crippen LogP contribution in [0.4, 0.5) is 0 Å². The van der Waals surface area contributed by atoms with E-state index in [1.807, 2.05) is 0 Å². The largest absolute Gasteiger partial charge is 0.382 e. The Morgan fingerprint density at radius 2 is 0.643 bits per heavy atom. The van der Waals surface area contributed by atoms with Crippen LogP contribution in [0.3, 0.4) is 0 Å². The number of carbonyl (C=O) groups is 2. The molecule has 0 heterocycles. The minimum atomic E-state index is -1.57. The van der Waals surface area contributed by atoms with Crippen LogP contribution in [0.2, 0.25) is 0 Å². The molecule has 2 N–H and O–H groups in total. The average Bonchev–Trinajstić information content (AvgIpc) is 3.00. The van der Waals surface area contributed by atoms with Gasteiger partial charge in [0.1, 0.15) is 12.2 Å². The lowest BCUT2D eigenvalue weighted by atomic mass is 9.97. The van der Waals surface area contributed by atoms with Crippen LogP contribution in [0.25, 0.3) is 0 Å². The van der Waals surface area contributed by atoms with Gasteiger partial charge in [0.25, 0.3) is 0 Å². The maximum Gasteiger partial charge on any atom is 0.164 e. The third-order valence-electron chi connectivity index (χ3n) is 8.33. The van der Waals surface area contributed by atoms with Crippen molar-refractivity contribution in [2.75, 3.05) is 0 Å². The number of rotatable bonds is 33. The zero-order valence-corrected chi connectivity index (χ0v) is 28.0. The van der Waals surface area contributed by atoms with Gasteiger partial charge in [-0.15, -0.1) is 0 Å². The van der Waals surface area contributed by atoms with Gasteiger partial charge in [-0.1, -0.05) is 141 Å². The molecule has 0 aliphatic heterocycles. The first kappa shape index (κ1) is 40.7. The second kappa shape index (κ2) is 32.6. The number of hydrogen-bond donors (Lipinski definition) is 2. The Morgan fingerprint density at radius 1 is 0.405 bits per heavy atom. The minimum Gasteiger partial charge on any atom is -0.382 e. The van der Waals surface area contributed by atoms with Gasteiger partial charge in [-0.3, -0.25) is 9.59 Å². The summed E-state index contributed by atoms with van der Waals surface area (Å²) in [6.45, 7) is 4.51. The van der Waals surface area contributed by atoms with Crippen molar-refractivity contribution < 1.29 is 19.8 Å². The van der Waals surface area contributed by atoms with Crippen LogP contribution in [-0.2, 0) is 9.59 Å². The molecule has 4 nitrogen and oxygen atoms in total. The summed E-state index contributed by atoms with van der Waals surface area (Å²) in [6, 6.07) is 0. The van der Waals surface area contributed by atoms with Crippen molar-refractivity contribution in [3.8, 4) is 0 Å². The summed E-state index contributed by atoms with van der Waals surface area (Å²) in [5.74, 6) is -0.809. The molecular formula is C38H70O4. The lowest BCUT2D eigenvalue weighted by molar-refractivity contribution is -0.143. The smallest absolute Gasteiger partial charge is 0.164 e. The quantitative estimate of drug-likeness (QED) is 0.0589. The molecule has 0 saturated carbocycles. The van der Waals surface area contributed by atoms with Crippen LogP contribution in [0.15, 0.2) is 24.3 Å². The van der Waals surface area contributed by atoms with Gasteiger partial charge >= 0.3 is 0 Å². The van der Waals surface area contributed by atoms with Crippen LogP contribution >= 0.6 is 0 Å². The molecule has 0 aliphatic carbocycles. The number of unbranched alkanes of at least 4 members (excludes halogenated alkanes) is 22. The molecule has 0 aromatic carbocycles. The van der Waals surface area contributed by atoms with E-state index in [4.69, 9.17) is 0 Å². The molecule has 2 unspecified atom stereocenters. The molecule has 0 aromatic heterocycles. The molecule has 0 amide bonds. The van der Waals surface area contributed by atoms with Crippen LogP contribution in [0.5, 0.6) is 0 Å². The second-order valence-corrected chi connectivity index (χ2v) is 12.5. The van der Waals surface area contributed by atoms with E-state index in [1.165, 1.54) is 103 Å². The first-order valence-corrected chi connectivity index (χ1v) is 18.3. The van der Waals surface area contributed by atoms with Crippen molar-refractivity contribution in [3.63, 3.8) is 0 Å². The van der Waals surface area contributed by atoms with E-state index in [2.05, 4.69) is 38.2 Å². The van der Waals surface area contributed by atoms with Gasteiger partial charge in [0.05, 0.1) is 0 Å². The standard InChI is InChI=1S/C38H70O4/c1-3-5-7-9-11-13-15-17-19-21-23-25-27-29-31-33-35(39)37(41)38(42)36(40)34-32-30-28-26-24-22-20-18-16-14-12-10-8-6-4-2/h17-20,37-38,41-42H,3-16,21-34H2,1-2H3. The topological polar surface area (TPSA) is 74.6 Å². The van der Waals surface area contributed by atoms with Crippen LogP contribution in [0.1, 0.15) is 194 Å². The molecule has 0 aromatic rings. The van der Waals surface area contributed by atoms with Crippen LogP contribution in [0, 0.1) is 0 Å². The van der Waals surface area contributed by atoms with Gasteiger partial charge in [0, 0.05) is 12.8 Å². The van der Waals surface area contributed by atoms with Gasteiger partial charge in [-0.25, -0.2) is 0 Å². The third-order valence-corrected chi connectivity index (χ3v) is 8.33. The molecule has 2 atom stereocenters. The summed E-state index contributed by atoms with van der Waals surface area (Å²) in [4.78, 5) is 24.5. The second-order valence-electron chi connectivity index (χ2n) is 12.5. The van der Waals surface area contributed by atoms with Crippen molar-refractivity contribution in [1.82, 2.24) is 0 Å². The summed E-state index contributed by atoms with van der Waals surface area (Å²) < 4.78 is 0. The monoisotopic (exact) mass is 591 g/mol. The molecule has 0 spiro atoms. The third kappa shape index (κ3) is 27.6. The van der Waals surface area contributed by atoms with E-state index >= 15 is 0 Å². The number of ketones is 2. The van der Waals surface area contributed by atoms with Gasteiger partial charge in [0.2, 0.25) is 0 Å². The SMILES string of the molecule is CCCCCCCCC=CCCCCCCCC(=O)C(O)C(O)C(=O)CCCCCCCC=CCCCCCCCC. The average molecular weight is 591 g/mol. The highest BCUT2D eigenvalue weighted by Crippen LogP contribution is 2.14. The molecule has 246 valence electrons. The number of hydrogen-bond acceptors (Lipinski definition) is 4. The van der Waals surface area contributed by atoms with Crippen molar-refractivity contribution in [2.24, 2.45) is 0 Å². The van der Waals surface area contributed by atoms with Gasteiger partial charge in [0.15, 0.2) is 11.6 Å². The molecule has 0 saturated heterocycles. The summed E-state index contributed by atoms with van der Waals surface area (Å²) in [6.07, 6.45) is 37.5. The molecule has 0 aliphatic rings. The first-order chi connectivity index (χ1) is 20.5. The predicted molar refractivity (Wildman–Crippen MR) is 181 cm³/mol. The maximum absolute atomic E-state index is 12.3. The Labute approximate surface area is 261 Å². The Bertz CT molecular complexity index is 597. The first-order valence-electron chi connectivity index (χ1n) is 18.3. The molecule has 0 bridgehead atoms. The van der Waals surface area contributed by atoms with Crippen molar-refractivity contribution >= 4 is 11.6 Å². The fourth-order valence-electron chi connectivity index (χ4n) is 5.39. The molecule has 0 rings (SSSR count). The summed E-state index contributed by atoms with van der Waals surface area (Å²) in [5, 5.41) is 20.3.